The van der Waals surface area contributed by atoms with Crippen LogP contribution in [0.1, 0.15) is 20.8 Å². The van der Waals surface area contributed by atoms with Crippen LogP contribution in [0.2, 0.25) is 0 Å². The van der Waals surface area contributed by atoms with E-state index in [0.29, 0.717) is 11.6 Å². The Morgan fingerprint density at radius 3 is 2.95 bits per heavy atom. The first kappa shape index (κ1) is 14.2. The van der Waals surface area contributed by atoms with Crippen molar-refractivity contribution in [1.82, 2.24) is 15.1 Å². The summed E-state index contributed by atoms with van der Waals surface area (Å²) < 4.78 is 12.1. The number of rotatable bonds is 1. The van der Waals surface area contributed by atoms with Crippen molar-refractivity contribution in [2.24, 2.45) is 7.05 Å². The van der Waals surface area contributed by atoms with Gasteiger partial charge in [0.05, 0.1) is 6.20 Å². The SMILES string of the molecule is Cn1ncc2c1OC[C@H](NC(=O)OC(C)(C)C)C(=O)N2. The topological polar surface area (TPSA) is 94.5 Å². The number of carbonyl (C=O) groups is 2. The van der Waals surface area contributed by atoms with E-state index in [1.165, 1.54) is 10.9 Å². The Hall–Kier alpha value is -2.25. The number of nitrogens with zero attached hydrogens (tertiary/aromatic N) is 2. The van der Waals surface area contributed by atoms with Crippen LogP contribution in [0.5, 0.6) is 5.88 Å². The highest BCUT2D eigenvalue weighted by atomic mass is 16.6. The minimum absolute atomic E-state index is 0.0115. The zero-order chi connectivity index (χ0) is 14.9. The Bertz CT molecular complexity index is 532. The van der Waals surface area contributed by atoms with Gasteiger partial charge in [0.15, 0.2) is 0 Å². The van der Waals surface area contributed by atoms with Crippen LogP contribution < -0.4 is 15.4 Å². The monoisotopic (exact) mass is 282 g/mol. The maximum atomic E-state index is 12.0. The number of ether oxygens (including phenoxy) is 2. The van der Waals surface area contributed by atoms with E-state index < -0.39 is 17.7 Å². The van der Waals surface area contributed by atoms with Crippen LogP contribution in [0, 0.1) is 0 Å². The number of amides is 2. The fraction of sp³-hybridized carbons (Fsp3) is 0.583. The lowest BCUT2D eigenvalue weighted by molar-refractivity contribution is -0.118. The third-order valence-electron chi connectivity index (χ3n) is 2.54. The number of hydrogen-bond acceptors (Lipinski definition) is 5. The largest absolute Gasteiger partial charge is 0.474 e. The van der Waals surface area contributed by atoms with E-state index in [9.17, 15) is 9.59 Å². The first-order valence-corrected chi connectivity index (χ1v) is 6.21. The summed E-state index contributed by atoms with van der Waals surface area (Å²) in [4.78, 5) is 23.7. The number of aryl methyl sites for hydroxylation is 1. The molecule has 0 unspecified atom stereocenters. The van der Waals surface area contributed by atoms with Gasteiger partial charge in [0.25, 0.3) is 5.91 Å². The first-order valence-electron chi connectivity index (χ1n) is 6.21. The zero-order valence-electron chi connectivity index (χ0n) is 11.9. The van der Waals surface area contributed by atoms with Gasteiger partial charge in [-0.2, -0.15) is 5.10 Å². The highest BCUT2D eigenvalue weighted by molar-refractivity contribution is 5.98. The lowest BCUT2D eigenvalue weighted by Crippen LogP contribution is -2.48. The van der Waals surface area contributed by atoms with Crippen LogP contribution in [0.25, 0.3) is 0 Å². The van der Waals surface area contributed by atoms with E-state index in [1.54, 1.807) is 27.8 Å². The van der Waals surface area contributed by atoms with Gasteiger partial charge < -0.3 is 20.1 Å². The quantitative estimate of drug-likeness (QED) is 0.788. The summed E-state index contributed by atoms with van der Waals surface area (Å²) in [7, 11) is 1.70. The molecule has 1 aromatic rings. The van der Waals surface area contributed by atoms with Crippen LogP contribution in [0.15, 0.2) is 6.20 Å². The summed E-state index contributed by atoms with van der Waals surface area (Å²) in [6.45, 7) is 5.25. The van der Waals surface area contributed by atoms with Gasteiger partial charge in [0.1, 0.15) is 23.9 Å². The van der Waals surface area contributed by atoms with Crippen molar-refractivity contribution >= 4 is 17.7 Å². The third kappa shape index (κ3) is 3.19. The highest BCUT2D eigenvalue weighted by Gasteiger charge is 2.29. The number of anilines is 1. The summed E-state index contributed by atoms with van der Waals surface area (Å²) in [5.74, 6) is 0.0782. The minimum atomic E-state index is -0.822. The van der Waals surface area contributed by atoms with Crippen LogP contribution in [0.3, 0.4) is 0 Å². The molecule has 8 nitrogen and oxygen atoms in total. The summed E-state index contributed by atoms with van der Waals surface area (Å²) >= 11 is 0. The average Bonchev–Trinajstić information content (AvgIpc) is 2.54. The van der Waals surface area contributed by atoms with E-state index in [0.717, 1.165) is 0 Å². The van der Waals surface area contributed by atoms with Gasteiger partial charge >= 0.3 is 6.09 Å². The molecule has 2 rings (SSSR count). The number of alkyl carbamates (subject to hydrolysis) is 1. The van der Waals surface area contributed by atoms with Crippen LogP contribution in [0.4, 0.5) is 10.5 Å². The average molecular weight is 282 g/mol. The molecule has 2 N–H and O–H groups in total. The molecule has 0 bridgehead atoms. The molecule has 0 fully saturated rings. The third-order valence-corrected chi connectivity index (χ3v) is 2.54. The lowest BCUT2D eigenvalue weighted by atomic mass is 10.2. The molecule has 20 heavy (non-hydrogen) atoms. The van der Waals surface area contributed by atoms with Gasteiger partial charge in [-0.1, -0.05) is 0 Å². The normalized spacial score (nSPS) is 18.4. The molecule has 1 aromatic heterocycles. The fourth-order valence-electron chi connectivity index (χ4n) is 1.70. The van der Waals surface area contributed by atoms with Crippen molar-refractivity contribution in [3.05, 3.63) is 6.20 Å². The number of hydrogen-bond donors (Lipinski definition) is 2. The Morgan fingerprint density at radius 1 is 1.60 bits per heavy atom. The molecule has 2 heterocycles. The Kier molecular flexibility index (Phi) is 3.56. The van der Waals surface area contributed by atoms with E-state index in [4.69, 9.17) is 9.47 Å². The summed E-state index contributed by atoms with van der Waals surface area (Å²) in [6, 6.07) is -0.822. The molecule has 0 aromatic carbocycles. The van der Waals surface area contributed by atoms with E-state index in [-0.39, 0.29) is 12.5 Å². The predicted molar refractivity (Wildman–Crippen MR) is 70.5 cm³/mol. The number of carbonyl (C=O) groups excluding carboxylic acids is 2. The van der Waals surface area contributed by atoms with Crippen LogP contribution in [-0.4, -0.2) is 40.0 Å². The maximum Gasteiger partial charge on any atom is 0.408 e. The van der Waals surface area contributed by atoms with Crippen LogP contribution >= 0.6 is 0 Å². The molecule has 1 aliphatic heterocycles. The predicted octanol–water partition coefficient (Wildman–Crippen LogP) is 0.644. The smallest absolute Gasteiger partial charge is 0.408 e. The number of aromatic nitrogens is 2. The van der Waals surface area contributed by atoms with Gasteiger partial charge in [-0.15, -0.1) is 0 Å². The van der Waals surface area contributed by atoms with E-state index in [1.807, 2.05) is 0 Å². The number of fused-ring (bicyclic) bond motifs is 1. The van der Waals surface area contributed by atoms with Crippen molar-refractivity contribution in [2.45, 2.75) is 32.4 Å². The van der Waals surface area contributed by atoms with Gasteiger partial charge in [-0.25, -0.2) is 9.48 Å². The van der Waals surface area contributed by atoms with E-state index >= 15 is 0 Å². The highest BCUT2D eigenvalue weighted by Crippen LogP contribution is 2.25. The van der Waals surface area contributed by atoms with Gasteiger partial charge in [-0.05, 0) is 20.8 Å². The molecular formula is C12H18N4O4. The second-order valence-corrected chi connectivity index (χ2v) is 5.49. The molecule has 2 amide bonds. The van der Waals surface area contributed by atoms with Gasteiger partial charge in [-0.3, -0.25) is 4.79 Å². The number of nitrogens with one attached hydrogen (secondary N) is 2. The summed E-state index contributed by atoms with van der Waals surface area (Å²) in [6.07, 6.45) is 0.827. The molecule has 0 saturated carbocycles. The minimum Gasteiger partial charge on any atom is -0.474 e. The summed E-state index contributed by atoms with van der Waals surface area (Å²) in [5, 5.41) is 9.10. The molecule has 110 valence electrons. The molecular weight excluding hydrogens is 264 g/mol. The summed E-state index contributed by atoms with van der Waals surface area (Å²) in [5.41, 5.74) is -0.148. The Morgan fingerprint density at radius 2 is 2.30 bits per heavy atom. The standard InChI is InChI=1S/C12H18N4O4/c1-12(2,3)20-11(18)15-8-6-19-10-7(14-9(8)17)5-13-16(10)4/h5,8H,6H2,1-4H3,(H,14,17)(H,15,18)/t8-/m0/s1. The Balaban J connectivity index is 2.02. The van der Waals surface area contributed by atoms with Crippen molar-refractivity contribution < 1.29 is 19.1 Å². The molecule has 0 saturated heterocycles. The first-order chi connectivity index (χ1) is 9.26. The molecule has 8 heteroatoms. The molecule has 1 atom stereocenters. The molecule has 0 spiro atoms. The lowest BCUT2D eigenvalue weighted by Gasteiger charge is -2.22. The molecule has 0 radical (unpaired) electrons. The zero-order valence-corrected chi connectivity index (χ0v) is 11.9. The maximum absolute atomic E-state index is 12.0. The van der Waals surface area contributed by atoms with Crippen molar-refractivity contribution in [2.75, 3.05) is 11.9 Å². The molecule has 1 aliphatic rings. The van der Waals surface area contributed by atoms with Gasteiger partial charge in [0, 0.05) is 7.05 Å². The van der Waals surface area contributed by atoms with Crippen molar-refractivity contribution in [3.8, 4) is 5.88 Å². The van der Waals surface area contributed by atoms with Crippen LogP contribution in [-0.2, 0) is 16.6 Å². The van der Waals surface area contributed by atoms with E-state index in [2.05, 4.69) is 15.7 Å². The van der Waals surface area contributed by atoms with Crippen molar-refractivity contribution in [3.63, 3.8) is 0 Å². The second-order valence-electron chi connectivity index (χ2n) is 5.49. The Labute approximate surface area is 116 Å². The molecule has 0 aliphatic carbocycles. The van der Waals surface area contributed by atoms with Gasteiger partial charge in [0.2, 0.25) is 5.88 Å². The fourth-order valence-corrected chi connectivity index (χ4v) is 1.70. The van der Waals surface area contributed by atoms with Crippen molar-refractivity contribution in [1.29, 1.82) is 0 Å². The second kappa shape index (κ2) is 5.03.